The van der Waals surface area contributed by atoms with Gasteiger partial charge in [-0.2, -0.15) is 0 Å². The van der Waals surface area contributed by atoms with E-state index in [1.807, 2.05) is 21.9 Å². The molecule has 2 fully saturated rings. The van der Waals surface area contributed by atoms with Crippen LogP contribution >= 0.6 is 0 Å². The number of rotatable bonds is 4. The number of likely N-dealkylation sites (tertiary alicyclic amines) is 2. The predicted octanol–water partition coefficient (Wildman–Crippen LogP) is 3.25. The number of amides is 2. The summed E-state index contributed by atoms with van der Waals surface area (Å²) >= 11 is 0. The highest BCUT2D eigenvalue weighted by atomic mass is 16.5. The molecule has 0 aliphatic carbocycles. The second kappa shape index (κ2) is 9.42. The van der Waals surface area contributed by atoms with Crippen LogP contribution in [-0.4, -0.2) is 67.5 Å². The topological polar surface area (TPSA) is 76.2 Å². The van der Waals surface area contributed by atoms with Crippen LogP contribution in [-0.2, 0) is 4.74 Å². The first-order valence-electron chi connectivity index (χ1n) is 10.9. The number of hydrogen-bond acceptors (Lipinski definition) is 5. The number of hydrogen-bond donors (Lipinski definition) is 0. The minimum atomic E-state index is -0.513. The van der Waals surface area contributed by atoms with Crippen LogP contribution in [0.3, 0.4) is 0 Å². The molecule has 168 valence electrons. The van der Waals surface area contributed by atoms with Crippen molar-refractivity contribution in [3.8, 4) is 5.75 Å². The molecule has 2 aromatic carbocycles. The van der Waals surface area contributed by atoms with Crippen LogP contribution in [0.4, 0.5) is 0 Å². The second-order valence-electron chi connectivity index (χ2n) is 8.28. The number of piperidine rings is 2. The molecule has 0 N–H and O–H groups in total. The Labute approximate surface area is 187 Å². The van der Waals surface area contributed by atoms with Gasteiger partial charge in [0.15, 0.2) is 0 Å². The number of carbonyl (C=O) groups excluding carboxylic acids is 3. The molecule has 2 aliphatic rings. The molecule has 2 atom stereocenters. The lowest BCUT2D eigenvalue weighted by Gasteiger charge is -2.47. The molecule has 0 bridgehead atoms. The second-order valence-corrected chi connectivity index (χ2v) is 8.28. The molecule has 32 heavy (non-hydrogen) atoms. The van der Waals surface area contributed by atoms with Gasteiger partial charge in [0.2, 0.25) is 0 Å². The van der Waals surface area contributed by atoms with E-state index in [4.69, 9.17) is 9.47 Å². The van der Waals surface area contributed by atoms with E-state index < -0.39 is 5.97 Å². The Kier molecular flexibility index (Phi) is 6.44. The number of ether oxygens (including phenoxy) is 2. The van der Waals surface area contributed by atoms with Crippen LogP contribution in [0.5, 0.6) is 5.75 Å². The SMILES string of the molecule is COC(=O)c1ccccc1C(=O)N1CCC[C@H]2CN(C(=O)c3cccc(OC)c3)CC[C@@H]21. The van der Waals surface area contributed by atoms with Gasteiger partial charge in [0.1, 0.15) is 5.75 Å². The van der Waals surface area contributed by atoms with Crippen LogP contribution in [0, 0.1) is 5.92 Å². The Morgan fingerprint density at radius 1 is 0.906 bits per heavy atom. The monoisotopic (exact) mass is 436 g/mol. The van der Waals surface area contributed by atoms with Gasteiger partial charge >= 0.3 is 5.97 Å². The fourth-order valence-electron chi connectivity index (χ4n) is 4.89. The van der Waals surface area contributed by atoms with Crippen molar-refractivity contribution < 1.29 is 23.9 Å². The molecule has 2 aliphatic heterocycles. The van der Waals surface area contributed by atoms with Gasteiger partial charge in [0.05, 0.1) is 25.3 Å². The van der Waals surface area contributed by atoms with Crippen molar-refractivity contribution in [2.24, 2.45) is 5.92 Å². The summed E-state index contributed by atoms with van der Waals surface area (Å²) in [4.78, 5) is 42.4. The Balaban J connectivity index is 1.50. The summed E-state index contributed by atoms with van der Waals surface area (Å²) in [6.45, 7) is 1.85. The molecular weight excluding hydrogens is 408 g/mol. The van der Waals surface area contributed by atoms with Crippen LogP contribution in [0.1, 0.15) is 50.3 Å². The Morgan fingerprint density at radius 2 is 1.69 bits per heavy atom. The molecular formula is C25H28N2O5. The summed E-state index contributed by atoms with van der Waals surface area (Å²) in [5.74, 6) is 0.196. The van der Waals surface area contributed by atoms with Crippen molar-refractivity contribution in [2.75, 3.05) is 33.9 Å². The molecule has 4 rings (SSSR count). The maximum Gasteiger partial charge on any atom is 0.338 e. The number of benzene rings is 2. The van der Waals surface area contributed by atoms with Gasteiger partial charge < -0.3 is 19.3 Å². The average molecular weight is 437 g/mol. The van der Waals surface area contributed by atoms with Gasteiger partial charge in [0.25, 0.3) is 11.8 Å². The van der Waals surface area contributed by atoms with Crippen molar-refractivity contribution in [1.29, 1.82) is 0 Å². The zero-order valence-corrected chi connectivity index (χ0v) is 18.5. The highest BCUT2D eigenvalue weighted by Gasteiger charge is 2.40. The minimum Gasteiger partial charge on any atom is -0.497 e. The average Bonchev–Trinajstić information content (AvgIpc) is 2.86. The lowest BCUT2D eigenvalue weighted by atomic mass is 9.83. The largest absolute Gasteiger partial charge is 0.497 e. The third-order valence-corrected chi connectivity index (χ3v) is 6.50. The van der Waals surface area contributed by atoms with Crippen LogP contribution in [0.15, 0.2) is 48.5 Å². The molecule has 2 aromatic rings. The zero-order chi connectivity index (χ0) is 22.7. The first-order valence-corrected chi connectivity index (χ1v) is 10.9. The van der Waals surface area contributed by atoms with E-state index in [-0.39, 0.29) is 29.3 Å². The van der Waals surface area contributed by atoms with Gasteiger partial charge in [-0.05, 0) is 55.5 Å². The molecule has 0 unspecified atom stereocenters. The highest BCUT2D eigenvalue weighted by Crippen LogP contribution is 2.33. The smallest absolute Gasteiger partial charge is 0.338 e. The summed E-state index contributed by atoms with van der Waals surface area (Å²) < 4.78 is 10.1. The van der Waals surface area contributed by atoms with Crippen molar-refractivity contribution in [3.63, 3.8) is 0 Å². The first-order chi connectivity index (χ1) is 15.5. The standard InChI is InChI=1S/C25H28N2O5/c1-31-19-9-5-7-17(15-19)23(28)26-14-12-22-18(16-26)8-6-13-27(22)24(29)20-10-3-4-11-21(20)25(30)32-2/h3-5,7,9-11,15,18,22H,6,8,12-14,16H2,1-2H3/t18-,22-/m0/s1. The van der Waals surface area contributed by atoms with Crippen LogP contribution < -0.4 is 4.74 Å². The van der Waals surface area contributed by atoms with Crippen LogP contribution in [0.2, 0.25) is 0 Å². The summed E-state index contributed by atoms with van der Waals surface area (Å²) in [5, 5.41) is 0. The third kappa shape index (κ3) is 4.20. The number of nitrogens with zero attached hydrogens (tertiary/aromatic N) is 2. The third-order valence-electron chi connectivity index (χ3n) is 6.50. The predicted molar refractivity (Wildman–Crippen MR) is 119 cm³/mol. The van der Waals surface area contributed by atoms with Crippen molar-refractivity contribution >= 4 is 17.8 Å². The molecule has 7 heteroatoms. The minimum absolute atomic E-state index is 0.0122. The number of fused-ring (bicyclic) bond motifs is 1. The summed E-state index contributed by atoms with van der Waals surface area (Å²) in [5.41, 5.74) is 1.26. The summed E-state index contributed by atoms with van der Waals surface area (Å²) in [7, 11) is 2.90. The molecule has 0 saturated carbocycles. The highest BCUT2D eigenvalue weighted by molar-refractivity contribution is 6.05. The van der Waals surface area contributed by atoms with E-state index in [1.165, 1.54) is 7.11 Å². The quantitative estimate of drug-likeness (QED) is 0.688. The molecule has 2 amide bonds. The van der Waals surface area contributed by atoms with E-state index in [0.717, 1.165) is 12.8 Å². The van der Waals surface area contributed by atoms with Gasteiger partial charge in [-0.15, -0.1) is 0 Å². The lowest BCUT2D eigenvalue weighted by molar-refractivity contribution is 0.0194. The van der Waals surface area contributed by atoms with Crippen molar-refractivity contribution in [2.45, 2.75) is 25.3 Å². The van der Waals surface area contributed by atoms with Crippen molar-refractivity contribution in [3.05, 3.63) is 65.2 Å². The van der Waals surface area contributed by atoms with Crippen molar-refractivity contribution in [1.82, 2.24) is 9.80 Å². The van der Waals surface area contributed by atoms with E-state index in [9.17, 15) is 14.4 Å². The maximum absolute atomic E-state index is 13.4. The van der Waals surface area contributed by atoms with Crippen LogP contribution in [0.25, 0.3) is 0 Å². The fraction of sp³-hybridized carbons (Fsp3) is 0.400. The van der Waals surface area contributed by atoms with E-state index in [1.54, 1.807) is 43.5 Å². The number of esters is 1. The molecule has 2 heterocycles. The Morgan fingerprint density at radius 3 is 2.44 bits per heavy atom. The molecule has 2 saturated heterocycles. The fourth-order valence-corrected chi connectivity index (χ4v) is 4.89. The molecule has 0 spiro atoms. The van der Waals surface area contributed by atoms with Gasteiger partial charge in [-0.3, -0.25) is 9.59 Å². The number of carbonyl (C=O) groups is 3. The normalized spacial score (nSPS) is 20.3. The summed E-state index contributed by atoms with van der Waals surface area (Å²) in [6.07, 6.45) is 2.55. The summed E-state index contributed by atoms with van der Waals surface area (Å²) in [6, 6.07) is 14.0. The molecule has 0 radical (unpaired) electrons. The molecule has 7 nitrogen and oxygen atoms in total. The maximum atomic E-state index is 13.4. The zero-order valence-electron chi connectivity index (χ0n) is 18.5. The first kappa shape index (κ1) is 21.9. The van der Waals surface area contributed by atoms with Gasteiger partial charge in [-0.1, -0.05) is 18.2 Å². The Hall–Kier alpha value is -3.35. The van der Waals surface area contributed by atoms with E-state index in [2.05, 4.69) is 0 Å². The number of methoxy groups -OCH3 is 2. The Bertz CT molecular complexity index is 1020. The van der Waals surface area contributed by atoms with Gasteiger partial charge in [-0.25, -0.2) is 4.79 Å². The molecule has 0 aromatic heterocycles. The van der Waals surface area contributed by atoms with E-state index in [0.29, 0.717) is 42.9 Å². The van der Waals surface area contributed by atoms with E-state index >= 15 is 0 Å². The van der Waals surface area contributed by atoms with Gasteiger partial charge in [0, 0.05) is 31.2 Å². The lowest BCUT2D eigenvalue weighted by Crippen LogP contribution is -2.56.